The number of hydrogen-bond donors (Lipinski definition) is 2. The lowest BCUT2D eigenvalue weighted by Gasteiger charge is -2.48. The van der Waals surface area contributed by atoms with E-state index in [0.29, 0.717) is 11.8 Å². The monoisotopic (exact) mass is 300 g/mol. The van der Waals surface area contributed by atoms with Crippen molar-refractivity contribution < 1.29 is 10.0 Å². The second-order valence-corrected chi connectivity index (χ2v) is 7.46. The van der Waals surface area contributed by atoms with Gasteiger partial charge in [-0.15, -0.1) is 11.3 Å². The Bertz CT molecular complexity index is 589. The molecule has 1 aromatic heterocycles. The van der Waals surface area contributed by atoms with Crippen molar-refractivity contribution in [1.82, 2.24) is 0 Å². The molecule has 0 saturated carbocycles. The number of hydrogen-bond acceptors (Lipinski definition) is 2. The largest absolute Gasteiger partial charge is 0.379 e. The lowest BCUT2D eigenvalue weighted by molar-refractivity contribution is -0.922. The van der Waals surface area contributed by atoms with Crippen molar-refractivity contribution in [3.8, 4) is 0 Å². The third kappa shape index (κ3) is 2.15. The first-order chi connectivity index (χ1) is 10.3. The van der Waals surface area contributed by atoms with Gasteiger partial charge in [0, 0.05) is 23.6 Å². The molecule has 5 rings (SSSR count). The molecule has 0 unspecified atom stereocenters. The molecule has 2 bridgehead atoms. The molecule has 3 saturated heterocycles. The molecule has 0 radical (unpaired) electrons. The second-order valence-electron chi connectivity index (χ2n) is 6.51. The Morgan fingerprint density at radius 2 is 1.81 bits per heavy atom. The van der Waals surface area contributed by atoms with E-state index in [1.54, 1.807) is 16.2 Å². The molecule has 3 aliphatic heterocycles. The Labute approximate surface area is 130 Å². The molecule has 3 fully saturated rings. The Hall–Kier alpha value is -1.16. The maximum atomic E-state index is 11.8. The Morgan fingerprint density at radius 3 is 2.38 bits per heavy atom. The highest BCUT2D eigenvalue weighted by Gasteiger charge is 2.51. The zero-order chi connectivity index (χ0) is 14.3. The van der Waals surface area contributed by atoms with E-state index in [-0.39, 0.29) is 0 Å². The van der Waals surface area contributed by atoms with Gasteiger partial charge in [-0.05, 0) is 22.9 Å². The molecule has 2 nitrogen and oxygen atoms in total. The van der Waals surface area contributed by atoms with E-state index in [1.165, 1.54) is 25.9 Å². The Kier molecular flexibility index (Phi) is 3.37. The van der Waals surface area contributed by atoms with Gasteiger partial charge in [0.05, 0.1) is 19.6 Å². The molecule has 0 aliphatic carbocycles. The molecule has 4 heterocycles. The first kappa shape index (κ1) is 13.5. The van der Waals surface area contributed by atoms with Crippen molar-refractivity contribution in [2.24, 2.45) is 11.8 Å². The van der Waals surface area contributed by atoms with E-state index in [0.717, 1.165) is 17.0 Å². The van der Waals surface area contributed by atoms with Crippen molar-refractivity contribution in [3.05, 3.63) is 58.3 Å². The van der Waals surface area contributed by atoms with Gasteiger partial charge in [0.1, 0.15) is 5.60 Å². The van der Waals surface area contributed by atoms with Crippen molar-refractivity contribution in [2.75, 3.05) is 19.6 Å². The van der Waals surface area contributed by atoms with Crippen molar-refractivity contribution in [3.63, 3.8) is 0 Å². The third-order valence-corrected chi connectivity index (χ3v) is 6.46. The van der Waals surface area contributed by atoms with Crippen LogP contribution in [0, 0.1) is 11.8 Å². The van der Waals surface area contributed by atoms with Crippen LogP contribution in [0.25, 0.3) is 0 Å². The van der Waals surface area contributed by atoms with Crippen LogP contribution in [0.5, 0.6) is 0 Å². The van der Waals surface area contributed by atoms with E-state index < -0.39 is 5.60 Å². The normalized spacial score (nSPS) is 31.0. The number of fused-ring (bicyclic) bond motifs is 3. The van der Waals surface area contributed by atoms with E-state index in [4.69, 9.17) is 0 Å². The van der Waals surface area contributed by atoms with Crippen LogP contribution < -0.4 is 4.90 Å². The molecule has 110 valence electrons. The summed E-state index contributed by atoms with van der Waals surface area (Å²) in [6.45, 7) is 3.68. The molecular formula is C18H22NOS+. The number of nitrogens with one attached hydrogen (secondary N) is 1. The smallest absolute Gasteiger partial charge is 0.132 e. The van der Waals surface area contributed by atoms with Crippen LogP contribution in [-0.2, 0) is 5.60 Å². The van der Waals surface area contributed by atoms with Gasteiger partial charge in [0.2, 0.25) is 0 Å². The quantitative estimate of drug-likeness (QED) is 0.889. The maximum Gasteiger partial charge on any atom is 0.132 e. The standard InChI is InChI=1S/C18H21NOS/c20-18(17-7-4-12-21-17,15-5-2-1-3-6-15)16-13-19-10-8-14(16)9-11-19/h1-7,12,14,16,20H,8-11,13H2/p+1/t16-,18+/m1/s1. The summed E-state index contributed by atoms with van der Waals surface area (Å²) >= 11 is 1.69. The number of thiophene rings is 1. The van der Waals surface area contributed by atoms with Crippen molar-refractivity contribution in [1.29, 1.82) is 0 Å². The van der Waals surface area contributed by atoms with Gasteiger partial charge < -0.3 is 10.0 Å². The van der Waals surface area contributed by atoms with Crippen LogP contribution in [0.3, 0.4) is 0 Å². The zero-order valence-corrected chi connectivity index (χ0v) is 13.0. The number of rotatable bonds is 3. The summed E-state index contributed by atoms with van der Waals surface area (Å²) < 4.78 is 0. The third-order valence-electron chi connectivity index (χ3n) is 5.46. The minimum atomic E-state index is -0.813. The fraction of sp³-hybridized carbons (Fsp3) is 0.444. The van der Waals surface area contributed by atoms with Crippen LogP contribution in [0.2, 0.25) is 0 Å². The highest BCUT2D eigenvalue weighted by Crippen LogP contribution is 2.45. The summed E-state index contributed by atoms with van der Waals surface area (Å²) in [6, 6.07) is 14.5. The average molecular weight is 300 g/mol. The minimum Gasteiger partial charge on any atom is -0.379 e. The predicted octanol–water partition coefficient (Wildman–Crippen LogP) is 1.91. The van der Waals surface area contributed by atoms with Crippen molar-refractivity contribution >= 4 is 11.3 Å². The molecule has 2 N–H and O–H groups in total. The summed E-state index contributed by atoms with van der Waals surface area (Å²) in [6.07, 6.45) is 2.53. The molecule has 0 amide bonds. The van der Waals surface area contributed by atoms with Crippen LogP contribution in [0.15, 0.2) is 47.8 Å². The van der Waals surface area contributed by atoms with Gasteiger partial charge in [-0.3, -0.25) is 0 Å². The fourth-order valence-corrected chi connectivity index (χ4v) is 5.26. The van der Waals surface area contributed by atoms with E-state index in [1.807, 2.05) is 18.2 Å². The molecule has 2 atom stereocenters. The summed E-state index contributed by atoms with van der Waals surface area (Å²) in [5.74, 6) is 1.01. The van der Waals surface area contributed by atoms with Gasteiger partial charge in [-0.25, -0.2) is 0 Å². The first-order valence-corrected chi connectivity index (χ1v) is 8.82. The van der Waals surface area contributed by atoms with Gasteiger partial charge in [-0.2, -0.15) is 0 Å². The fourth-order valence-electron chi connectivity index (χ4n) is 4.35. The predicted molar refractivity (Wildman–Crippen MR) is 85.5 cm³/mol. The van der Waals surface area contributed by atoms with E-state index >= 15 is 0 Å². The van der Waals surface area contributed by atoms with Crippen molar-refractivity contribution in [2.45, 2.75) is 18.4 Å². The highest BCUT2D eigenvalue weighted by atomic mass is 32.1. The molecule has 3 aliphatic rings. The molecular weight excluding hydrogens is 278 g/mol. The van der Waals surface area contributed by atoms with Gasteiger partial charge in [0.25, 0.3) is 0 Å². The summed E-state index contributed by atoms with van der Waals surface area (Å²) in [5, 5.41) is 13.9. The van der Waals surface area contributed by atoms with Crippen LogP contribution >= 0.6 is 11.3 Å². The minimum absolute atomic E-state index is 0.344. The van der Waals surface area contributed by atoms with Crippen LogP contribution in [0.1, 0.15) is 23.3 Å². The van der Waals surface area contributed by atoms with Gasteiger partial charge in [0.15, 0.2) is 0 Å². The molecule has 0 spiro atoms. The molecule has 21 heavy (non-hydrogen) atoms. The summed E-state index contributed by atoms with van der Waals surface area (Å²) in [4.78, 5) is 2.78. The highest BCUT2D eigenvalue weighted by molar-refractivity contribution is 7.10. The average Bonchev–Trinajstić information content (AvgIpc) is 3.11. The SMILES string of the molecule is O[C@](c1ccccc1)(c1cccs1)[C@@H]1C[NH+]2CCC1CC2. The number of benzene rings is 1. The van der Waals surface area contributed by atoms with E-state index in [2.05, 4.69) is 29.6 Å². The zero-order valence-electron chi connectivity index (χ0n) is 12.2. The molecule has 1 aromatic carbocycles. The number of quaternary nitrogens is 1. The molecule has 3 heteroatoms. The number of aliphatic hydroxyl groups is 1. The van der Waals surface area contributed by atoms with Gasteiger partial charge in [-0.1, -0.05) is 36.4 Å². The van der Waals surface area contributed by atoms with Crippen LogP contribution in [0.4, 0.5) is 0 Å². The Balaban J connectivity index is 1.81. The summed E-state index contributed by atoms with van der Waals surface area (Å²) in [5.41, 5.74) is 0.247. The molecule has 2 aromatic rings. The Morgan fingerprint density at radius 1 is 1.05 bits per heavy atom. The maximum absolute atomic E-state index is 11.8. The topological polar surface area (TPSA) is 24.7 Å². The van der Waals surface area contributed by atoms with Crippen LogP contribution in [-0.4, -0.2) is 24.7 Å². The number of piperidine rings is 3. The lowest BCUT2D eigenvalue weighted by Crippen LogP contribution is -3.16. The second kappa shape index (κ2) is 5.24. The summed E-state index contributed by atoms with van der Waals surface area (Å²) in [7, 11) is 0. The van der Waals surface area contributed by atoms with E-state index in [9.17, 15) is 5.11 Å². The van der Waals surface area contributed by atoms with Gasteiger partial charge >= 0.3 is 0 Å². The first-order valence-electron chi connectivity index (χ1n) is 7.94. The lowest BCUT2D eigenvalue weighted by atomic mass is 9.67.